The number of aliphatic hydroxyl groups excluding tert-OH is 1. The van der Waals surface area contributed by atoms with Crippen LogP contribution in [0.1, 0.15) is 38.2 Å². The van der Waals surface area contributed by atoms with Crippen molar-refractivity contribution in [3.63, 3.8) is 0 Å². The Bertz CT molecular complexity index is 454. The van der Waals surface area contributed by atoms with Crippen molar-refractivity contribution in [2.24, 2.45) is 5.92 Å². The maximum atomic E-state index is 9.78. The average Bonchev–Trinajstić information content (AvgIpc) is 2.39. The number of aliphatic hydroxyl groups is 1. The first kappa shape index (κ1) is 14.5. The van der Waals surface area contributed by atoms with Gasteiger partial charge in [0.15, 0.2) is 0 Å². The van der Waals surface area contributed by atoms with Gasteiger partial charge in [0, 0.05) is 5.69 Å². The van der Waals surface area contributed by atoms with Gasteiger partial charge in [-0.1, -0.05) is 18.5 Å². The van der Waals surface area contributed by atoms with Crippen molar-refractivity contribution in [3.05, 3.63) is 22.7 Å². The molecule has 1 aromatic rings. The van der Waals surface area contributed by atoms with Crippen LogP contribution < -0.4 is 11.1 Å². The molecule has 2 rings (SSSR count). The quantitative estimate of drug-likeness (QED) is 0.743. The van der Waals surface area contributed by atoms with Crippen LogP contribution in [-0.2, 0) is 0 Å². The Balaban J connectivity index is 2.21. The van der Waals surface area contributed by atoms with Gasteiger partial charge in [0.2, 0.25) is 0 Å². The van der Waals surface area contributed by atoms with Gasteiger partial charge in [0.25, 0.3) is 0 Å². The summed E-state index contributed by atoms with van der Waals surface area (Å²) >= 11 is 6.09. The SMILES string of the molecule is Cc1cc(N)c(Cl)cc1NC1(CO)CCC(C)CC1. The fourth-order valence-corrected chi connectivity index (χ4v) is 2.93. The van der Waals surface area contributed by atoms with Gasteiger partial charge >= 0.3 is 0 Å². The van der Waals surface area contributed by atoms with Crippen LogP contribution in [-0.4, -0.2) is 17.3 Å². The fraction of sp³-hybridized carbons (Fsp3) is 0.600. The minimum Gasteiger partial charge on any atom is -0.398 e. The first-order valence-electron chi connectivity index (χ1n) is 6.90. The van der Waals surface area contributed by atoms with Crippen LogP contribution in [0, 0.1) is 12.8 Å². The van der Waals surface area contributed by atoms with Crippen LogP contribution in [0.25, 0.3) is 0 Å². The third kappa shape index (κ3) is 3.15. The predicted molar refractivity (Wildman–Crippen MR) is 81.7 cm³/mol. The summed E-state index contributed by atoms with van der Waals surface area (Å²) in [5.41, 5.74) is 8.22. The molecule has 0 radical (unpaired) electrons. The van der Waals surface area contributed by atoms with E-state index in [9.17, 15) is 5.11 Å². The Kier molecular flexibility index (Phi) is 4.26. The van der Waals surface area contributed by atoms with E-state index in [1.807, 2.05) is 19.1 Å². The number of nitrogens with one attached hydrogen (secondary N) is 1. The first-order chi connectivity index (χ1) is 8.96. The highest BCUT2D eigenvalue weighted by Crippen LogP contribution is 2.36. The van der Waals surface area contributed by atoms with Gasteiger partial charge in [-0.3, -0.25) is 0 Å². The van der Waals surface area contributed by atoms with Crippen molar-refractivity contribution in [2.75, 3.05) is 17.7 Å². The van der Waals surface area contributed by atoms with E-state index in [2.05, 4.69) is 12.2 Å². The largest absolute Gasteiger partial charge is 0.398 e. The molecule has 1 aliphatic carbocycles. The second-order valence-electron chi connectivity index (χ2n) is 5.93. The molecule has 0 amide bonds. The summed E-state index contributed by atoms with van der Waals surface area (Å²) in [6.07, 6.45) is 4.28. The molecular formula is C15H23ClN2O. The number of halogens is 1. The number of nitrogens with two attached hydrogens (primary N) is 1. The summed E-state index contributed by atoms with van der Waals surface area (Å²) in [7, 11) is 0. The van der Waals surface area contributed by atoms with Gasteiger partial charge in [0.05, 0.1) is 22.9 Å². The molecule has 4 N–H and O–H groups in total. The number of nitrogen functional groups attached to an aromatic ring is 1. The monoisotopic (exact) mass is 282 g/mol. The maximum Gasteiger partial charge on any atom is 0.0661 e. The Morgan fingerprint density at radius 3 is 2.63 bits per heavy atom. The van der Waals surface area contributed by atoms with Crippen molar-refractivity contribution in [2.45, 2.75) is 45.1 Å². The van der Waals surface area contributed by atoms with Crippen LogP contribution >= 0.6 is 11.6 Å². The lowest BCUT2D eigenvalue weighted by molar-refractivity contribution is 0.155. The molecule has 0 unspecified atom stereocenters. The van der Waals surface area contributed by atoms with Crippen molar-refractivity contribution in [1.29, 1.82) is 0 Å². The lowest BCUT2D eigenvalue weighted by Crippen LogP contribution is -2.45. The molecule has 0 saturated heterocycles. The Hall–Kier alpha value is -0.930. The van der Waals surface area contributed by atoms with Gasteiger partial charge in [-0.05, 0) is 56.2 Å². The van der Waals surface area contributed by atoms with E-state index in [0.717, 1.165) is 42.9 Å². The second-order valence-corrected chi connectivity index (χ2v) is 6.34. The Labute approximate surface area is 120 Å². The van der Waals surface area contributed by atoms with Crippen LogP contribution in [0.5, 0.6) is 0 Å². The third-order valence-electron chi connectivity index (χ3n) is 4.28. The van der Waals surface area contributed by atoms with E-state index in [1.54, 1.807) is 0 Å². The number of anilines is 2. The molecule has 0 spiro atoms. The normalized spacial score (nSPS) is 27.3. The van der Waals surface area contributed by atoms with E-state index in [4.69, 9.17) is 17.3 Å². The highest BCUT2D eigenvalue weighted by atomic mass is 35.5. The highest BCUT2D eigenvalue weighted by Gasteiger charge is 2.33. The van der Waals surface area contributed by atoms with E-state index in [-0.39, 0.29) is 12.1 Å². The molecule has 0 aromatic heterocycles. The summed E-state index contributed by atoms with van der Waals surface area (Å²) < 4.78 is 0. The van der Waals surface area contributed by atoms with Gasteiger partial charge in [0.1, 0.15) is 0 Å². The minimum atomic E-state index is -0.212. The summed E-state index contributed by atoms with van der Waals surface area (Å²) in [6, 6.07) is 3.74. The number of rotatable bonds is 3. The van der Waals surface area contributed by atoms with Crippen molar-refractivity contribution >= 4 is 23.0 Å². The molecule has 1 saturated carbocycles. The summed E-state index contributed by atoms with van der Waals surface area (Å²) in [6.45, 7) is 4.43. The molecular weight excluding hydrogens is 260 g/mol. The highest BCUT2D eigenvalue weighted by molar-refractivity contribution is 6.33. The topological polar surface area (TPSA) is 58.3 Å². The molecule has 1 fully saturated rings. The van der Waals surface area contributed by atoms with E-state index < -0.39 is 0 Å². The van der Waals surface area contributed by atoms with Gasteiger partial charge in [-0.15, -0.1) is 0 Å². The first-order valence-corrected chi connectivity index (χ1v) is 7.28. The van der Waals surface area contributed by atoms with Gasteiger partial charge < -0.3 is 16.2 Å². The van der Waals surface area contributed by atoms with Gasteiger partial charge in [-0.2, -0.15) is 0 Å². The maximum absolute atomic E-state index is 9.78. The zero-order valence-corrected chi connectivity index (χ0v) is 12.4. The average molecular weight is 283 g/mol. The lowest BCUT2D eigenvalue weighted by atomic mass is 9.77. The molecule has 4 heteroatoms. The molecule has 0 heterocycles. The zero-order valence-electron chi connectivity index (χ0n) is 11.7. The number of hydrogen-bond donors (Lipinski definition) is 3. The summed E-state index contributed by atoms with van der Waals surface area (Å²) in [5.74, 6) is 0.748. The van der Waals surface area contributed by atoms with E-state index in [1.165, 1.54) is 0 Å². The van der Waals surface area contributed by atoms with Crippen LogP contribution in [0.2, 0.25) is 5.02 Å². The molecule has 0 aliphatic heterocycles. The molecule has 19 heavy (non-hydrogen) atoms. The number of aryl methyl sites for hydroxylation is 1. The molecule has 1 aromatic carbocycles. The predicted octanol–water partition coefficient (Wildman–Crippen LogP) is 3.58. The molecule has 3 nitrogen and oxygen atoms in total. The van der Waals surface area contributed by atoms with E-state index in [0.29, 0.717) is 10.7 Å². The molecule has 106 valence electrons. The van der Waals surface area contributed by atoms with Crippen LogP contribution in [0.4, 0.5) is 11.4 Å². The minimum absolute atomic E-state index is 0.154. The van der Waals surface area contributed by atoms with Crippen molar-refractivity contribution in [1.82, 2.24) is 0 Å². The lowest BCUT2D eigenvalue weighted by Gasteiger charge is -2.40. The van der Waals surface area contributed by atoms with Crippen LogP contribution in [0.15, 0.2) is 12.1 Å². The smallest absolute Gasteiger partial charge is 0.0661 e. The fourth-order valence-electron chi connectivity index (χ4n) is 2.76. The van der Waals surface area contributed by atoms with Crippen molar-refractivity contribution in [3.8, 4) is 0 Å². The summed E-state index contributed by atoms with van der Waals surface area (Å²) in [5, 5.41) is 13.9. The second kappa shape index (κ2) is 5.59. The number of benzene rings is 1. The molecule has 0 atom stereocenters. The van der Waals surface area contributed by atoms with Crippen molar-refractivity contribution < 1.29 is 5.11 Å². The summed E-state index contributed by atoms with van der Waals surface area (Å²) in [4.78, 5) is 0. The Morgan fingerprint density at radius 1 is 1.42 bits per heavy atom. The third-order valence-corrected chi connectivity index (χ3v) is 4.60. The standard InChI is InChI=1S/C15H23ClN2O/c1-10-3-5-15(9-19,6-4-10)18-14-8-12(16)13(17)7-11(14)2/h7-8,10,18-19H,3-6,9,17H2,1-2H3. The molecule has 0 bridgehead atoms. The Morgan fingerprint density at radius 2 is 2.05 bits per heavy atom. The molecule has 1 aliphatic rings. The zero-order chi connectivity index (χ0) is 14.0. The van der Waals surface area contributed by atoms with Gasteiger partial charge in [-0.25, -0.2) is 0 Å². The van der Waals surface area contributed by atoms with Crippen LogP contribution in [0.3, 0.4) is 0 Å². The van der Waals surface area contributed by atoms with E-state index >= 15 is 0 Å². The number of hydrogen-bond acceptors (Lipinski definition) is 3.